The van der Waals surface area contributed by atoms with Crippen LogP contribution >= 0.6 is 0 Å². The number of benzene rings is 1. The third-order valence-electron chi connectivity index (χ3n) is 9.30. The zero-order valence-corrected chi connectivity index (χ0v) is 19.4. The average Bonchev–Trinajstić information content (AvgIpc) is 3.24. The van der Waals surface area contributed by atoms with E-state index in [1.807, 2.05) is 26.0 Å². The Kier molecular flexibility index (Phi) is 4.88. The maximum Gasteiger partial charge on any atom is 0.338 e. The zero-order valence-electron chi connectivity index (χ0n) is 19.4. The van der Waals surface area contributed by atoms with Gasteiger partial charge < -0.3 is 19.4 Å². The molecule has 3 aliphatic carbocycles. The second-order valence-electron chi connectivity index (χ2n) is 11.1. The Morgan fingerprint density at radius 3 is 2.56 bits per heavy atom. The Bertz CT molecular complexity index is 1010. The van der Waals surface area contributed by atoms with E-state index in [1.54, 1.807) is 30.5 Å². The van der Waals surface area contributed by atoms with Gasteiger partial charge in [-0.05, 0) is 59.8 Å². The van der Waals surface area contributed by atoms with Crippen LogP contribution in [0.3, 0.4) is 0 Å². The number of hydrogen-bond acceptors (Lipinski definition) is 5. The number of aliphatic hydroxyl groups excluding tert-OH is 1. The van der Waals surface area contributed by atoms with Crippen LogP contribution in [0.4, 0.5) is 0 Å². The first kappa shape index (κ1) is 21.7. The monoisotopic (exact) mass is 438 g/mol. The average molecular weight is 439 g/mol. The van der Waals surface area contributed by atoms with E-state index in [1.165, 1.54) is 0 Å². The summed E-state index contributed by atoms with van der Waals surface area (Å²) in [5.41, 5.74) is -0.885. The first-order valence-electron chi connectivity index (χ1n) is 11.8. The summed E-state index contributed by atoms with van der Waals surface area (Å²) in [5, 5.41) is 24.3. The third-order valence-corrected chi connectivity index (χ3v) is 9.30. The molecule has 2 aromatic rings. The first-order valence-corrected chi connectivity index (χ1v) is 11.8. The summed E-state index contributed by atoms with van der Waals surface area (Å²) in [6, 6.07) is 10.8. The van der Waals surface area contributed by atoms with Crippen molar-refractivity contribution >= 4 is 5.97 Å². The fourth-order valence-corrected chi connectivity index (χ4v) is 7.59. The standard InChI is InChI=1S/C27H34O5/c1-16-18-11-14-31-20(18)15-19-21(16)22(28)23(32-24(29)17-9-6-5-7-10-17)27(30)25(2,3)12-8-13-26(19,27)4/h5-7,9-11,14,16,19,21-23,28,30H,8,12-13,15H2,1-4H3/t16-,19-,21-,22+,23+,26+,27+/m0/s1. The van der Waals surface area contributed by atoms with Crippen LogP contribution in [0.1, 0.15) is 74.6 Å². The summed E-state index contributed by atoms with van der Waals surface area (Å²) >= 11 is 0. The van der Waals surface area contributed by atoms with Crippen LogP contribution in [-0.4, -0.2) is 34.0 Å². The molecule has 5 heteroatoms. The van der Waals surface area contributed by atoms with Gasteiger partial charge in [0, 0.05) is 11.8 Å². The lowest BCUT2D eigenvalue weighted by atomic mass is 9.40. The summed E-state index contributed by atoms with van der Waals surface area (Å²) in [4.78, 5) is 13.1. The fourth-order valence-electron chi connectivity index (χ4n) is 7.59. The smallest absolute Gasteiger partial charge is 0.338 e. The molecule has 0 amide bonds. The van der Waals surface area contributed by atoms with Gasteiger partial charge in [-0.2, -0.15) is 0 Å². The maximum atomic E-state index is 13.1. The molecular weight excluding hydrogens is 404 g/mol. The van der Waals surface area contributed by atoms with Gasteiger partial charge in [-0.25, -0.2) is 4.79 Å². The van der Waals surface area contributed by atoms with Crippen LogP contribution in [0.15, 0.2) is 47.1 Å². The van der Waals surface area contributed by atoms with Gasteiger partial charge in [0.15, 0.2) is 6.10 Å². The number of carbonyl (C=O) groups is 1. The molecule has 0 aliphatic heterocycles. The summed E-state index contributed by atoms with van der Waals surface area (Å²) in [7, 11) is 0. The minimum Gasteiger partial charge on any atom is -0.469 e. The number of esters is 1. The lowest BCUT2D eigenvalue weighted by Crippen LogP contribution is -2.76. The lowest BCUT2D eigenvalue weighted by Gasteiger charge is -2.68. The van der Waals surface area contributed by atoms with Gasteiger partial charge in [0.05, 0.1) is 17.9 Å². The molecule has 1 heterocycles. The molecule has 5 nitrogen and oxygen atoms in total. The van der Waals surface area contributed by atoms with Crippen molar-refractivity contribution in [3.05, 3.63) is 59.5 Å². The highest BCUT2D eigenvalue weighted by Crippen LogP contribution is 2.67. The van der Waals surface area contributed by atoms with E-state index in [-0.39, 0.29) is 17.8 Å². The molecule has 1 aromatic carbocycles. The fraction of sp³-hybridized carbons (Fsp3) is 0.593. The molecule has 0 saturated heterocycles. The molecule has 0 bridgehead atoms. The van der Waals surface area contributed by atoms with Crippen LogP contribution in [0.5, 0.6) is 0 Å². The van der Waals surface area contributed by atoms with E-state index in [9.17, 15) is 15.0 Å². The Morgan fingerprint density at radius 1 is 1.12 bits per heavy atom. The summed E-state index contributed by atoms with van der Waals surface area (Å²) in [6.45, 7) is 8.35. The van der Waals surface area contributed by atoms with Crippen molar-refractivity contribution in [1.29, 1.82) is 0 Å². The van der Waals surface area contributed by atoms with Gasteiger partial charge in [-0.15, -0.1) is 0 Å². The van der Waals surface area contributed by atoms with Crippen molar-refractivity contribution in [3.63, 3.8) is 0 Å². The van der Waals surface area contributed by atoms with Crippen LogP contribution in [0.2, 0.25) is 0 Å². The largest absolute Gasteiger partial charge is 0.469 e. The Labute approximate surface area is 189 Å². The quantitative estimate of drug-likeness (QED) is 0.663. The lowest BCUT2D eigenvalue weighted by molar-refractivity contribution is -0.312. The SMILES string of the molecule is C[C@H]1c2ccoc2C[C@H]2[C@H]1[C@@H](O)[C@@H](OC(=O)c1ccccc1)[C@@]1(O)C(C)(C)CCC[C@]21C. The maximum absolute atomic E-state index is 13.1. The van der Waals surface area contributed by atoms with E-state index >= 15 is 0 Å². The van der Waals surface area contributed by atoms with E-state index < -0.39 is 34.6 Å². The van der Waals surface area contributed by atoms with Gasteiger partial charge in [0.1, 0.15) is 11.4 Å². The van der Waals surface area contributed by atoms with Crippen LogP contribution < -0.4 is 0 Å². The Balaban J connectivity index is 1.63. The molecule has 172 valence electrons. The van der Waals surface area contributed by atoms with Gasteiger partial charge in [0.2, 0.25) is 0 Å². The van der Waals surface area contributed by atoms with Crippen LogP contribution in [0, 0.1) is 22.7 Å². The predicted octanol–water partition coefficient (Wildman–Crippen LogP) is 4.72. The number of hydrogen-bond donors (Lipinski definition) is 2. The molecule has 0 spiro atoms. The van der Waals surface area contributed by atoms with Crippen molar-refractivity contribution in [3.8, 4) is 0 Å². The molecule has 2 N–H and O–H groups in total. The van der Waals surface area contributed by atoms with E-state index in [0.29, 0.717) is 12.0 Å². The van der Waals surface area contributed by atoms with Crippen molar-refractivity contribution < 1.29 is 24.2 Å². The van der Waals surface area contributed by atoms with Gasteiger partial charge in [0.25, 0.3) is 0 Å². The van der Waals surface area contributed by atoms with Crippen LogP contribution in [0.25, 0.3) is 0 Å². The molecular formula is C27H34O5. The number of carbonyl (C=O) groups excluding carboxylic acids is 1. The van der Waals surface area contributed by atoms with Crippen molar-refractivity contribution in [1.82, 2.24) is 0 Å². The minimum absolute atomic E-state index is 0.0300. The summed E-state index contributed by atoms with van der Waals surface area (Å²) in [5.74, 6) is 0.396. The molecule has 3 aliphatic rings. The summed E-state index contributed by atoms with van der Waals surface area (Å²) in [6.07, 6.45) is 3.05. The molecule has 5 rings (SSSR count). The molecule has 1 aromatic heterocycles. The first-order chi connectivity index (χ1) is 15.1. The van der Waals surface area contributed by atoms with E-state index in [4.69, 9.17) is 9.15 Å². The highest BCUT2D eigenvalue weighted by atomic mass is 16.6. The zero-order chi connectivity index (χ0) is 22.9. The van der Waals surface area contributed by atoms with Crippen molar-refractivity contribution in [2.45, 2.75) is 77.1 Å². The van der Waals surface area contributed by atoms with Gasteiger partial charge in [-0.3, -0.25) is 0 Å². The highest BCUT2D eigenvalue weighted by Gasteiger charge is 2.73. The molecule has 2 saturated carbocycles. The van der Waals surface area contributed by atoms with Gasteiger partial charge in [-0.1, -0.05) is 52.3 Å². The van der Waals surface area contributed by atoms with E-state index in [2.05, 4.69) is 13.8 Å². The highest BCUT2D eigenvalue weighted by molar-refractivity contribution is 5.89. The third kappa shape index (κ3) is 2.73. The van der Waals surface area contributed by atoms with E-state index in [0.717, 1.165) is 30.6 Å². The topological polar surface area (TPSA) is 79.9 Å². The Morgan fingerprint density at radius 2 is 1.84 bits per heavy atom. The van der Waals surface area contributed by atoms with Crippen molar-refractivity contribution in [2.75, 3.05) is 0 Å². The number of fused-ring (bicyclic) bond motifs is 4. The predicted molar refractivity (Wildman–Crippen MR) is 120 cm³/mol. The van der Waals surface area contributed by atoms with Gasteiger partial charge >= 0.3 is 5.97 Å². The number of ether oxygens (including phenoxy) is 1. The molecule has 7 atom stereocenters. The summed E-state index contributed by atoms with van der Waals surface area (Å²) < 4.78 is 11.9. The normalized spacial score (nSPS) is 40.0. The number of furan rings is 1. The second-order valence-corrected chi connectivity index (χ2v) is 11.1. The minimum atomic E-state index is -1.37. The molecule has 0 radical (unpaired) electrons. The molecule has 0 unspecified atom stereocenters. The van der Waals surface area contributed by atoms with Crippen LogP contribution in [-0.2, 0) is 11.2 Å². The second kappa shape index (κ2) is 7.19. The number of rotatable bonds is 2. The number of aliphatic hydroxyl groups is 2. The van der Waals surface area contributed by atoms with Crippen molar-refractivity contribution in [2.24, 2.45) is 22.7 Å². The Hall–Kier alpha value is -2.11. The molecule has 32 heavy (non-hydrogen) atoms. The molecule has 2 fully saturated rings.